The molecule has 1 amide bonds. The molecule has 5 nitrogen and oxygen atoms in total. The lowest BCUT2D eigenvalue weighted by molar-refractivity contribution is 0.0791. The number of nitrogens with one attached hydrogen (secondary N) is 1. The Morgan fingerprint density at radius 2 is 2.04 bits per heavy atom. The number of carbonyl (C=O) groups excluding carboxylic acids is 1. The molecule has 2 aromatic rings. The summed E-state index contributed by atoms with van der Waals surface area (Å²) >= 11 is 0. The summed E-state index contributed by atoms with van der Waals surface area (Å²) in [5.74, 6) is -0.403. The van der Waals surface area contributed by atoms with Crippen LogP contribution < -0.4 is 11.3 Å². The van der Waals surface area contributed by atoms with Crippen molar-refractivity contribution in [2.45, 2.75) is 26.3 Å². The third-order valence-electron chi connectivity index (χ3n) is 4.04. The number of halogens is 1. The highest BCUT2D eigenvalue weighted by Crippen LogP contribution is 2.18. The predicted octanol–water partition coefficient (Wildman–Crippen LogP) is 2.11. The maximum atomic E-state index is 13.3. The maximum Gasteiger partial charge on any atom is 0.254 e. The van der Waals surface area contributed by atoms with Gasteiger partial charge in [0.15, 0.2) is 0 Å². The first kappa shape index (κ1) is 17.1. The highest BCUT2D eigenvalue weighted by Gasteiger charge is 2.17. The Morgan fingerprint density at radius 3 is 2.70 bits per heavy atom. The quantitative estimate of drug-likeness (QED) is 0.886. The number of hydrogen-bond donors (Lipinski definition) is 2. The first-order chi connectivity index (χ1) is 10.8. The molecule has 0 saturated heterocycles. The highest BCUT2D eigenvalue weighted by atomic mass is 19.1. The molecular formula is C17H22FN3O2. The molecule has 0 fully saturated rings. The van der Waals surface area contributed by atoms with Gasteiger partial charge < -0.3 is 15.6 Å². The first-order valence-corrected chi connectivity index (χ1v) is 7.63. The lowest BCUT2D eigenvalue weighted by Crippen LogP contribution is -2.35. The maximum absolute atomic E-state index is 13.3. The van der Waals surface area contributed by atoms with Gasteiger partial charge in [0.2, 0.25) is 5.56 Å². The molecule has 6 heteroatoms. The van der Waals surface area contributed by atoms with E-state index in [1.54, 1.807) is 11.9 Å². The molecule has 0 aliphatic heterocycles. The monoisotopic (exact) mass is 319 g/mol. The molecule has 2 rings (SSSR count). The van der Waals surface area contributed by atoms with Crippen LogP contribution >= 0.6 is 0 Å². The van der Waals surface area contributed by atoms with Crippen LogP contribution in [-0.4, -0.2) is 35.4 Å². The lowest BCUT2D eigenvalue weighted by Gasteiger charge is -2.22. The van der Waals surface area contributed by atoms with Gasteiger partial charge in [0.1, 0.15) is 5.82 Å². The fourth-order valence-corrected chi connectivity index (χ4v) is 2.39. The molecule has 1 aromatic carbocycles. The molecule has 1 atom stereocenters. The summed E-state index contributed by atoms with van der Waals surface area (Å²) in [5, 5.41) is 0.524. The summed E-state index contributed by atoms with van der Waals surface area (Å²) in [4.78, 5) is 28.4. The number of hydrogen-bond acceptors (Lipinski definition) is 3. The van der Waals surface area contributed by atoms with Gasteiger partial charge in [-0.1, -0.05) is 13.8 Å². The second kappa shape index (κ2) is 6.91. The second-order valence-corrected chi connectivity index (χ2v) is 6.16. The minimum atomic E-state index is -0.464. The van der Waals surface area contributed by atoms with Gasteiger partial charge in [-0.05, 0) is 30.5 Å². The van der Waals surface area contributed by atoms with Crippen molar-refractivity contribution < 1.29 is 9.18 Å². The molecule has 1 heterocycles. The fourth-order valence-electron chi connectivity index (χ4n) is 2.39. The van der Waals surface area contributed by atoms with Crippen LogP contribution in [0, 0.1) is 11.7 Å². The number of fused-ring (bicyclic) bond motifs is 1. The molecule has 0 saturated carbocycles. The average Bonchev–Trinajstić information content (AvgIpc) is 2.49. The van der Waals surface area contributed by atoms with Crippen molar-refractivity contribution in [1.82, 2.24) is 9.88 Å². The summed E-state index contributed by atoms with van der Waals surface area (Å²) in [6.07, 6.45) is 0.676. The van der Waals surface area contributed by atoms with Crippen LogP contribution in [0.1, 0.15) is 30.6 Å². The molecule has 3 N–H and O–H groups in total. The molecule has 1 unspecified atom stereocenters. The van der Waals surface area contributed by atoms with Crippen LogP contribution in [0.25, 0.3) is 10.9 Å². The number of pyridine rings is 1. The summed E-state index contributed by atoms with van der Waals surface area (Å²) in [6, 6.07) is 5.24. The number of nitrogens with zero attached hydrogens (tertiary/aromatic N) is 1. The SMILES string of the molecule is CC(C)C(N)CCN(C)C(=O)c1cc(=O)[nH]c2cc(F)ccc12. The van der Waals surface area contributed by atoms with Gasteiger partial charge in [-0.25, -0.2) is 4.39 Å². The molecule has 124 valence electrons. The van der Waals surface area contributed by atoms with E-state index in [0.29, 0.717) is 29.8 Å². The van der Waals surface area contributed by atoms with Crippen LogP contribution in [0.15, 0.2) is 29.1 Å². The third kappa shape index (κ3) is 3.96. The van der Waals surface area contributed by atoms with E-state index in [0.717, 1.165) is 0 Å². The Bertz CT molecular complexity index is 770. The molecular weight excluding hydrogens is 297 g/mol. The number of H-pyrrole nitrogens is 1. The van der Waals surface area contributed by atoms with E-state index >= 15 is 0 Å². The van der Waals surface area contributed by atoms with E-state index in [1.807, 2.05) is 13.8 Å². The van der Waals surface area contributed by atoms with Crippen LogP contribution in [-0.2, 0) is 0 Å². The zero-order valence-corrected chi connectivity index (χ0v) is 13.6. The topological polar surface area (TPSA) is 79.2 Å². The minimum absolute atomic E-state index is 0.00951. The summed E-state index contributed by atoms with van der Waals surface area (Å²) < 4.78 is 13.3. The second-order valence-electron chi connectivity index (χ2n) is 6.16. The Balaban J connectivity index is 2.28. The Labute approximate surface area is 134 Å². The molecule has 0 bridgehead atoms. The zero-order valence-electron chi connectivity index (χ0n) is 13.6. The Morgan fingerprint density at radius 1 is 1.35 bits per heavy atom. The van der Waals surface area contributed by atoms with Crippen molar-refractivity contribution in [1.29, 1.82) is 0 Å². The normalized spacial score (nSPS) is 12.6. The molecule has 1 aromatic heterocycles. The van der Waals surface area contributed by atoms with Crippen LogP contribution in [0.2, 0.25) is 0 Å². The van der Waals surface area contributed by atoms with Crippen molar-refractivity contribution >= 4 is 16.8 Å². The summed E-state index contributed by atoms with van der Waals surface area (Å²) in [6.45, 7) is 4.56. The average molecular weight is 319 g/mol. The van der Waals surface area contributed by atoms with Gasteiger partial charge >= 0.3 is 0 Å². The van der Waals surface area contributed by atoms with Gasteiger partial charge in [-0.15, -0.1) is 0 Å². The number of benzene rings is 1. The lowest BCUT2D eigenvalue weighted by atomic mass is 10.0. The summed E-state index contributed by atoms with van der Waals surface area (Å²) in [7, 11) is 1.67. The molecule has 0 aliphatic rings. The van der Waals surface area contributed by atoms with Crippen LogP contribution in [0.3, 0.4) is 0 Å². The minimum Gasteiger partial charge on any atom is -0.342 e. The molecule has 0 aliphatic carbocycles. The van der Waals surface area contributed by atoms with Gasteiger partial charge in [-0.3, -0.25) is 9.59 Å². The molecule has 0 radical (unpaired) electrons. The first-order valence-electron chi connectivity index (χ1n) is 7.63. The van der Waals surface area contributed by atoms with Crippen molar-refractivity contribution in [2.24, 2.45) is 11.7 Å². The highest BCUT2D eigenvalue weighted by molar-refractivity contribution is 6.05. The van der Waals surface area contributed by atoms with E-state index in [1.165, 1.54) is 24.3 Å². The van der Waals surface area contributed by atoms with Gasteiger partial charge in [0, 0.05) is 31.1 Å². The van der Waals surface area contributed by atoms with Gasteiger partial charge in [-0.2, -0.15) is 0 Å². The van der Waals surface area contributed by atoms with E-state index in [2.05, 4.69) is 4.98 Å². The van der Waals surface area contributed by atoms with Crippen LogP contribution in [0.4, 0.5) is 4.39 Å². The number of rotatable bonds is 5. The Kier molecular flexibility index (Phi) is 5.15. The molecule has 23 heavy (non-hydrogen) atoms. The van der Waals surface area contributed by atoms with Gasteiger partial charge in [0.25, 0.3) is 5.91 Å². The van der Waals surface area contributed by atoms with Crippen molar-refractivity contribution in [3.63, 3.8) is 0 Å². The third-order valence-corrected chi connectivity index (χ3v) is 4.04. The smallest absolute Gasteiger partial charge is 0.254 e. The number of aromatic amines is 1. The van der Waals surface area contributed by atoms with Crippen molar-refractivity contribution in [3.8, 4) is 0 Å². The number of carbonyl (C=O) groups is 1. The van der Waals surface area contributed by atoms with Crippen molar-refractivity contribution in [3.05, 3.63) is 46.0 Å². The van der Waals surface area contributed by atoms with E-state index in [-0.39, 0.29) is 17.5 Å². The fraction of sp³-hybridized carbons (Fsp3) is 0.412. The van der Waals surface area contributed by atoms with Crippen LogP contribution in [0.5, 0.6) is 0 Å². The van der Waals surface area contributed by atoms with Crippen molar-refractivity contribution in [2.75, 3.05) is 13.6 Å². The zero-order chi connectivity index (χ0) is 17.1. The molecule has 0 spiro atoms. The van der Waals surface area contributed by atoms with E-state index < -0.39 is 11.4 Å². The van der Waals surface area contributed by atoms with E-state index in [9.17, 15) is 14.0 Å². The predicted molar refractivity (Wildman–Crippen MR) is 88.9 cm³/mol. The Hall–Kier alpha value is -2.21. The number of nitrogens with two attached hydrogens (primary N) is 1. The number of amides is 1. The number of aromatic nitrogens is 1. The van der Waals surface area contributed by atoms with Gasteiger partial charge in [0.05, 0.1) is 11.1 Å². The summed E-state index contributed by atoms with van der Waals surface area (Å²) in [5.41, 5.74) is 6.15. The standard InChI is InChI=1S/C17H22FN3O2/c1-10(2)14(19)6-7-21(3)17(23)13-9-16(22)20-15-8-11(18)4-5-12(13)15/h4-5,8-10,14H,6-7,19H2,1-3H3,(H,20,22). The van der Waals surface area contributed by atoms with E-state index in [4.69, 9.17) is 5.73 Å². The largest absolute Gasteiger partial charge is 0.342 e.